The third-order valence-electron chi connectivity index (χ3n) is 1.16. The number of aromatic nitrogens is 1. The Morgan fingerprint density at radius 2 is 2.25 bits per heavy atom. The van der Waals surface area contributed by atoms with Crippen molar-refractivity contribution in [2.24, 2.45) is 0 Å². The van der Waals surface area contributed by atoms with Crippen LogP contribution in [0.5, 0.6) is 11.6 Å². The lowest BCUT2D eigenvalue weighted by atomic mass is 10.2. The third-order valence-corrected chi connectivity index (χ3v) is 1.16. The minimum absolute atomic E-state index is 0.289. The van der Waals surface area contributed by atoms with Gasteiger partial charge in [0.15, 0.2) is 0 Å². The van der Waals surface area contributed by atoms with Gasteiger partial charge in [-0.3, -0.25) is 0 Å². The second kappa shape index (κ2) is 3.94. The van der Waals surface area contributed by atoms with Gasteiger partial charge in [0.25, 0.3) is 0 Å². The molecular formula is C6H8BNO4. The fourth-order valence-corrected chi connectivity index (χ4v) is 0.698. The Balaban J connectivity index is 2.72. The summed E-state index contributed by atoms with van der Waals surface area (Å²) in [7, 11) is -0.362. The van der Waals surface area contributed by atoms with Crippen LogP contribution in [0, 0.1) is 0 Å². The molecule has 0 saturated carbocycles. The van der Waals surface area contributed by atoms with Gasteiger partial charge < -0.3 is 19.4 Å². The molecule has 0 spiro atoms. The van der Waals surface area contributed by atoms with E-state index in [1.54, 1.807) is 0 Å². The molecule has 12 heavy (non-hydrogen) atoms. The predicted octanol–water partition coefficient (Wildman–Crippen LogP) is -0.562. The van der Waals surface area contributed by atoms with Gasteiger partial charge in [-0.1, -0.05) is 0 Å². The highest BCUT2D eigenvalue weighted by molar-refractivity contribution is 6.33. The maximum absolute atomic E-state index is 8.44. The first-order valence-corrected chi connectivity index (χ1v) is 3.25. The van der Waals surface area contributed by atoms with Crippen LogP contribution in [-0.4, -0.2) is 29.5 Å². The summed E-state index contributed by atoms with van der Waals surface area (Å²) < 4.78 is 9.33. The van der Waals surface area contributed by atoms with Gasteiger partial charge in [-0.15, -0.1) is 0 Å². The molecule has 0 radical (unpaired) electrons. The van der Waals surface area contributed by atoms with Crippen molar-refractivity contribution in [3.63, 3.8) is 0 Å². The van der Waals surface area contributed by atoms with Crippen molar-refractivity contribution in [3.05, 3.63) is 18.3 Å². The molecule has 0 amide bonds. The Hall–Kier alpha value is -1.27. The zero-order chi connectivity index (χ0) is 8.97. The SMILES string of the molecule is COc1cc(OB(O)O)ccn1. The Morgan fingerprint density at radius 1 is 1.50 bits per heavy atom. The minimum atomic E-state index is -1.82. The largest absolute Gasteiger partial charge is 0.707 e. The summed E-state index contributed by atoms with van der Waals surface area (Å²) >= 11 is 0. The summed E-state index contributed by atoms with van der Waals surface area (Å²) in [4.78, 5) is 3.80. The van der Waals surface area contributed by atoms with Gasteiger partial charge in [0.2, 0.25) is 5.88 Å². The lowest BCUT2D eigenvalue weighted by Crippen LogP contribution is -2.20. The van der Waals surface area contributed by atoms with Gasteiger partial charge in [-0.25, -0.2) is 4.98 Å². The first-order valence-electron chi connectivity index (χ1n) is 3.25. The number of ether oxygens (including phenoxy) is 1. The summed E-state index contributed by atoms with van der Waals surface area (Å²) in [6, 6.07) is 2.93. The first-order chi connectivity index (χ1) is 5.72. The fraction of sp³-hybridized carbons (Fsp3) is 0.167. The molecule has 1 rings (SSSR count). The van der Waals surface area contributed by atoms with Gasteiger partial charge in [-0.2, -0.15) is 0 Å². The molecule has 0 atom stereocenters. The average molecular weight is 169 g/mol. The molecule has 5 nitrogen and oxygen atoms in total. The number of pyridine rings is 1. The van der Waals surface area contributed by atoms with Crippen LogP contribution >= 0.6 is 0 Å². The molecule has 0 fully saturated rings. The van der Waals surface area contributed by atoms with Crippen molar-refractivity contribution in [2.75, 3.05) is 7.11 Å². The Morgan fingerprint density at radius 3 is 2.83 bits per heavy atom. The predicted molar refractivity (Wildman–Crippen MR) is 41.6 cm³/mol. The van der Waals surface area contributed by atoms with E-state index in [1.165, 1.54) is 25.4 Å². The lowest BCUT2D eigenvalue weighted by molar-refractivity contribution is 0.287. The molecule has 0 aliphatic rings. The molecule has 0 aliphatic carbocycles. The van der Waals surface area contributed by atoms with E-state index in [-0.39, 0.29) is 5.75 Å². The number of hydrogen-bond acceptors (Lipinski definition) is 5. The highest BCUT2D eigenvalue weighted by atomic mass is 16.6. The van der Waals surface area contributed by atoms with Crippen molar-refractivity contribution in [1.29, 1.82) is 0 Å². The molecular weight excluding hydrogens is 161 g/mol. The van der Waals surface area contributed by atoms with Crippen LogP contribution in [0.15, 0.2) is 18.3 Å². The van der Waals surface area contributed by atoms with Crippen molar-refractivity contribution in [1.82, 2.24) is 4.98 Å². The lowest BCUT2D eigenvalue weighted by Gasteiger charge is -2.04. The maximum atomic E-state index is 8.44. The summed E-state index contributed by atoms with van der Waals surface area (Å²) in [5, 5.41) is 16.9. The fourth-order valence-electron chi connectivity index (χ4n) is 0.698. The van der Waals surface area contributed by atoms with Crippen molar-refractivity contribution < 1.29 is 19.4 Å². The number of methoxy groups -OCH3 is 1. The minimum Gasteiger partial charge on any atom is -0.512 e. The van der Waals surface area contributed by atoms with Gasteiger partial charge in [-0.05, 0) is 6.07 Å². The van der Waals surface area contributed by atoms with E-state index >= 15 is 0 Å². The second-order valence-corrected chi connectivity index (χ2v) is 1.98. The van der Waals surface area contributed by atoms with Crippen LogP contribution in [0.3, 0.4) is 0 Å². The van der Waals surface area contributed by atoms with Crippen molar-refractivity contribution in [3.8, 4) is 11.6 Å². The summed E-state index contributed by atoms with van der Waals surface area (Å²) in [6.45, 7) is 0. The molecule has 2 N–H and O–H groups in total. The average Bonchev–Trinajstić information content (AvgIpc) is 2.03. The molecule has 64 valence electrons. The zero-order valence-electron chi connectivity index (χ0n) is 6.47. The number of hydrogen-bond donors (Lipinski definition) is 2. The molecule has 0 aromatic carbocycles. The van der Waals surface area contributed by atoms with E-state index in [0.717, 1.165) is 0 Å². The van der Waals surface area contributed by atoms with Crippen molar-refractivity contribution in [2.45, 2.75) is 0 Å². The van der Waals surface area contributed by atoms with E-state index < -0.39 is 7.32 Å². The number of rotatable bonds is 3. The van der Waals surface area contributed by atoms with Crippen LogP contribution in [-0.2, 0) is 0 Å². The normalized spacial score (nSPS) is 9.25. The smallest absolute Gasteiger partial charge is 0.512 e. The molecule has 0 bridgehead atoms. The van der Waals surface area contributed by atoms with Gasteiger partial charge >= 0.3 is 7.32 Å². The van der Waals surface area contributed by atoms with Gasteiger partial charge in [0.05, 0.1) is 7.11 Å². The first kappa shape index (κ1) is 8.83. The highest BCUT2D eigenvalue weighted by Gasteiger charge is 2.11. The molecule has 1 aromatic heterocycles. The van der Waals surface area contributed by atoms with Gasteiger partial charge in [0.1, 0.15) is 5.75 Å². The molecule has 1 heterocycles. The molecule has 1 aromatic rings. The van der Waals surface area contributed by atoms with E-state index in [1.807, 2.05) is 0 Å². The summed E-state index contributed by atoms with van der Waals surface area (Å²) in [5.74, 6) is 0.644. The van der Waals surface area contributed by atoms with Crippen LogP contribution in [0.4, 0.5) is 0 Å². The Kier molecular flexibility index (Phi) is 2.90. The molecule has 0 unspecified atom stereocenters. The third kappa shape index (κ3) is 2.41. The van der Waals surface area contributed by atoms with Crippen LogP contribution in [0.25, 0.3) is 0 Å². The van der Waals surface area contributed by atoms with Crippen LogP contribution in [0.2, 0.25) is 0 Å². The number of nitrogens with zero attached hydrogens (tertiary/aromatic N) is 1. The molecule has 0 aliphatic heterocycles. The van der Waals surface area contributed by atoms with E-state index in [0.29, 0.717) is 5.88 Å². The quantitative estimate of drug-likeness (QED) is 0.593. The zero-order valence-corrected chi connectivity index (χ0v) is 6.47. The maximum Gasteiger partial charge on any atom is 0.707 e. The summed E-state index contributed by atoms with van der Waals surface area (Å²) in [5.41, 5.74) is 0. The topological polar surface area (TPSA) is 71.8 Å². The molecule has 6 heteroatoms. The Labute approximate surface area is 69.8 Å². The standard InChI is InChI=1S/C6H8BNO4/c1-11-6-4-5(2-3-8-6)12-7(9)10/h2-4,9-10H,1H3. The van der Waals surface area contributed by atoms with E-state index in [4.69, 9.17) is 14.8 Å². The van der Waals surface area contributed by atoms with Gasteiger partial charge in [0, 0.05) is 12.3 Å². The van der Waals surface area contributed by atoms with Crippen LogP contribution < -0.4 is 9.39 Å². The Bertz CT molecular complexity index is 255. The molecule has 0 saturated heterocycles. The van der Waals surface area contributed by atoms with Crippen LogP contribution in [0.1, 0.15) is 0 Å². The second-order valence-electron chi connectivity index (χ2n) is 1.98. The van der Waals surface area contributed by atoms with Crippen molar-refractivity contribution >= 4 is 7.32 Å². The summed E-state index contributed by atoms with van der Waals surface area (Å²) in [6.07, 6.45) is 1.44. The van der Waals surface area contributed by atoms with E-state index in [9.17, 15) is 0 Å². The highest BCUT2D eigenvalue weighted by Crippen LogP contribution is 2.15. The van der Waals surface area contributed by atoms with E-state index in [2.05, 4.69) is 9.64 Å². The monoisotopic (exact) mass is 169 g/mol.